The van der Waals surface area contributed by atoms with E-state index in [0.717, 1.165) is 4.80 Å². The van der Waals surface area contributed by atoms with Crippen LogP contribution in [-0.2, 0) is 4.79 Å². The van der Waals surface area contributed by atoms with E-state index < -0.39 is 12.0 Å². The number of aromatic nitrogens is 5. The Morgan fingerprint density at radius 3 is 3.00 bits per heavy atom. The van der Waals surface area contributed by atoms with Gasteiger partial charge in [0.2, 0.25) is 5.82 Å². The Labute approximate surface area is 90.7 Å². The average Bonchev–Trinajstić information content (AvgIpc) is 2.78. The number of hydrogen-bond donors (Lipinski definition) is 1. The summed E-state index contributed by atoms with van der Waals surface area (Å²) in [6.45, 7) is 1.48. The van der Waals surface area contributed by atoms with Gasteiger partial charge in [-0.1, -0.05) is 0 Å². The van der Waals surface area contributed by atoms with E-state index >= 15 is 0 Å². The van der Waals surface area contributed by atoms with Crippen molar-refractivity contribution in [3.63, 3.8) is 0 Å². The summed E-state index contributed by atoms with van der Waals surface area (Å²) in [7, 11) is 0. The molecule has 2 aromatic rings. The topological polar surface area (TPSA) is 93.8 Å². The highest BCUT2D eigenvalue weighted by Crippen LogP contribution is 2.12. The summed E-state index contributed by atoms with van der Waals surface area (Å²) in [6, 6.07) is 2.69. The zero-order valence-corrected chi connectivity index (χ0v) is 8.48. The molecule has 0 saturated carbocycles. The maximum Gasteiger partial charge on any atom is 0.330 e. The third-order valence-electron chi connectivity index (χ3n) is 2.05. The van der Waals surface area contributed by atoms with Crippen molar-refractivity contribution in [1.29, 1.82) is 0 Å². The third-order valence-corrected chi connectivity index (χ3v) is 2.05. The van der Waals surface area contributed by atoms with Crippen molar-refractivity contribution < 1.29 is 9.90 Å². The largest absolute Gasteiger partial charge is 0.480 e. The summed E-state index contributed by atoms with van der Waals surface area (Å²) in [5, 5.41) is 20.2. The molecule has 0 aliphatic rings. The highest BCUT2D eigenvalue weighted by atomic mass is 16.4. The molecule has 16 heavy (non-hydrogen) atoms. The molecular weight excluding hydrogens is 210 g/mol. The second-order valence-electron chi connectivity index (χ2n) is 3.19. The minimum Gasteiger partial charge on any atom is -0.480 e. The van der Waals surface area contributed by atoms with Crippen LogP contribution in [0.5, 0.6) is 0 Å². The number of rotatable bonds is 3. The Balaban J connectivity index is 2.30. The first-order chi connectivity index (χ1) is 7.68. The Bertz CT molecular complexity index is 496. The maximum absolute atomic E-state index is 10.7. The first-order valence-corrected chi connectivity index (χ1v) is 4.61. The van der Waals surface area contributed by atoms with Gasteiger partial charge in [-0.25, -0.2) is 4.79 Å². The predicted molar refractivity (Wildman–Crippen MR) is 53.4 cm³/mol. The van der Waals surface area contributed by atoms with Crippen LogP contribution in [0.1, 0.15) is 13.0 Å². The molecule has 0 bridgehead atoms. The lowest BCUT2D eigenvalue weighted by molar-refractivity contribution is -0.141. The third kappa shape index (κ3) is 1.88. The summed E-state index contributed by atoms with van der Waals surface area (Å²) in [4.78, 5) is 15.7. The minimum atomic E-state index is -1.00. The molecule has 0 spiro atoms. The van der Waals surface area contributed by atoms with Gasteiger partial charge < -0.3 is 5.11 Å². The molecule has 0 aromatic carbocycles. The van der Waals surface area contributed by atoms with Gasteiger partial charge in [-0.15, -0.1) is 15.0 Å². The van der Waals surface area contributed by atoms with Crippen LogP contribution in [0, 0.1) is 0 Å². The van der Waals surface area contributed by atoms with Gasteiger partial charge in [0, 0.05) is 18.0 Å². The predicted octanol–water partition coefficient (Wildman–Crippen LogP) is 0.381. The molecule has 7 nitrogen and oxygen atoms in total. The van der Waals surface area contributed by atoms with E-state index in [1.165, 1.54) is 6.92 Å². The van der Waals surface area contributed by atoms with E-state index in [1.54, 1.807) is 24.5 Å². The highest BCUT2D eigenvalue weighted by molar-refractivity contribution is 5.71. The number of carboxylic acids is 1. The summed E-state index contributed by atoms with van der Waals surface area (Å²) in [5.41, 5.74) is 0.700. The molecular formula is C9H9N5O2. The van der Waals surface area contributed by atoms with Crippen LogP contribution in [0.25, 0.3) is 11.4 Å². The second-order valence-corrected chi connectivity index (χ2v) is 3.19. The van der Waals surface area contributed by atoms with Crippen molar-refractivity contribution in [3.05, 3.63) is 24.5 Å². The standard InChI is InChI=1S/C9H9N5O2/c1-6(9(15)16)14-12-8(11-13-14)7-3-2-4-10-5-7/h2-6H,1H3,(H,15,16). The highest BCUT2D eigenvalue weighted by Gasteiger charge is 2.17. The summed E-state index contributed by atoms with van der Waals surface area (Å²) < 4.78 is 0. The lowest BCUT2D eigenvalue weighted by Crippen LogP contribution is -2.18. The van der Waals surface area contributed by atoms with Crippen LogP contribution in [0.15, 0.2) is 24.5 Å². The van der Waals surface area contributed by atoms with E-state index in [1.807, 2.05) is 0 Å². The molecule has 1 unspecified atom stereocenters. The smallest absolute Gasteiger partial charge is 0.330 e. The Morgan fingerprint density at radius 1 is 1.56 bits per heavy atom. The summed E-state index contributed by atoms with van der Waals surface area (Å²) >= 11 is 0. The van der Waals surface area contributed by atoms with Gasteiger partial charge in [0.15, 0.2) is 6.04 Å². The van der Waals surface area contributed by atoms with Gasteiger partial charge in [-0.3, -0.25) is 4.98 Å². The molecule has 0 amide bonds. The van der Waals surface area contributed by atoms with Crippen LogP contribution in [0.4, 0.5) is 0 Å². The lowest BCUT2D eigenvalue weighted by Gasteiger charge is -2.01. The number of hydrogen-bond acceptors (Lipinski definition) is 5. The van der Waals surface area contributed by atoms with E-state index in [9.17, 15) is 4.79 Å². The number of aliphatic carboxylic acids is 1. The molecule has 0 radical (unpaired) electrons. The van der Waals surface area contributed by atoms with Gasteiger partial charge in [0.25, 0.3) is 0 Å². The summed E-state index contributed by atoms with van der Waals surface area (Å²) in [5.74, 6) is -0.642. The van der Waals surface area contributed by atoms with E-state index in [4.69, 9.17) is 5.11 Å². The fourth-order valence-corrected chi connectivity index (χ4v) is 1.10. The molecule has 2 aromatic heterocycles. The van der Waals surface area contributed by atoms with Gasteiger partial charge in [0.1, 0.15) is 0 Å². The molecule has 2 rings (SSSR count). The van der Waals surface area contributed by atoms with E-state index in [2.05, 4.69) is 20.4 Å². The summed E-state index contributed by atoms with van der Waals surface area (Å²) in [6.07, 6.45) is 3.22. The first kappa shape index (κ1) is 10.2. The van der Waals surface area contributed by atoms with Gasteiger partial charge in [0.05, 0.1) is 0 Å². The first-order valence-electron chi connectivity index (χ1n) is 4.61. The quantitative estimate of drug-likeness (QED) is 0.802. The molecule has 1 N–H and O–H groups in total. The number of tetrazole rings is 1. The molecule has 82 valence electrons. The van der Waals surface area contributed by atoms with Crippen molar-refractivity contribution in [3.8, 4) is 11.4 Å². The van der Waals surface area contributed by atoms with Crippen molar-refractivity contribution in [2.45, 2.75) is 13.0 Å². The normalized spacial score (nSPS) is 12.3. The molecule has 0 aliphatic heterocycles. The van der Waals surface area contributed by atoms with Crippen molar-refractivity contribution in [1.82, 2.24) is 25.2 Å². The van der Waals surface area contributed by atoms with Crippen molar-refractivity contribution in [2.75, 3.05) is 0 Å². The average molecular weight is 219 g/mol. The molecule has 2 heterocycles. The van der Waals surface area contributed by atoms with Gasteiger partial charge in [-0.2, -0.15) is 0 Å². The minimum absolute atomic E-state index is 0.362. The zero-order valence-electron chi connectivity index (χ0n) is 8.48. The van der Waals surface area contributed by atoms with E-state index in [-0.39, 0.29) is 0 Å². The van der Waals surface area contributed by atoms with Crippen molar-refractivity contribution >= 4 is 5.97 Å². The second kappa shape index (κ2) is 4.05. The SMILES string of the molecule is CC(C(=O)O)n1nnc(-c2cccnc2)n1. The Kier molecular flexibility index (Phi) is 2.59. The molecule has 7 heteroatoms. The van der Waals surface area contributed by atoms with Crippen LogP contribution in [-0.4, -0.2) is 36.3 Å². The Morgan fingerprint density at radius 2 is 2.38 bits per heavy atom. The van der Waals surface area contributed by atoms with Crippen molar-refractivity contribution in [2.24, 2.45) is 0 Å². The fourth-order valence-electron chi connectivity index (χ4n) is 1.10. The molecule has 0 fully saturated rings. The number of carboxylic acid groups (broad SMARTS) is 1. The molecule has 0 saturated heterocycles. The fraction of sp³-hybridized carbons (Fsp3) is 0.222. The Hall–Kier alpha value is -2.31. The van der Waals surface area contributed by atoms with E-state index in [0.29, 0.717) is 11.4 Å². The van der Waals surface area contributed by atoms with Gasteiger partial charge >= 0.3 is 5.97 Å². The molecule has 0 aliphatic carbocycles. The lowest BCUT2D eigenvalue weighted by atomic mass is 10.3. The van der Waals surface area contributed by atoms with Crippen LogP contribution >= 0.6 is 0 Å². The van der Waals surface area contributed by atoms with Crippen LogP contribution in [0.3, 0.4) is 0 Å². The zero-order chi connectivity index (χ0) is 11.5. The number of pyridine rings is 1. The maximum atomic E-state index is 10.7. The monoisotopic (exact) mass is 219 g/mol. The number of nitrogens with zero attached hydrogens (tertiary/aromatic N) is 5. The van der Waals surface area contributed by atoms with Gasteiger partial charge in [-0.05, 0) is 24.3 Å². The molecule has 1 atom stereocenters. The number of carbonyl (C=O) groups is 1. The van der Waals surface area contributed by atoms with Crippen LogP contribution < -0.4 is 0 Å². The van der Waals surface area contributed by atoms with Crippen LogP contribution in [0.2, 0.25) is 0 Å².